The van der Waals surface area contributed by atoms with Gasteiger partial charge in [-0.25, -0.2) is 0 Å². The van der Waals surface area contributed by atoms with E-state index < -0.39 is 0 Å². The fourth-order valence-corrected chi connectivity index (χ4v) is 2.48. The molecule has 0 aromatic carbocycles. The monoisotopic (exact) mass is 236 g/mol. The average Bonchev–Trinajstić information content (AvgIpc) is 2.89. The lowest BCUT2D eigenvalue weighted by atomic mass is 9.97. The molecule has 2 rings (SSSR count). The van der Waals surface area contributed by atoms with Gasteiger partial charge in [0.05, 0.1) is 18.8 Å². The smallest absolute Gasteiger partial charge is 0.233 e. The molecule has 1 unspecified atom stereocenters. The first-order valence-electron chi connectivity index (χ1n) is 6.17. The third-order valence-electron chi connectivity index (χ3n) is 3.47. The van der Waals surface area contributed by atoms with Crippen molar-refractivity contribution >= 4 is 0 Å². The maximum atomic E-state index is 5.60. The maximum Gasteiger partial charge on any atom is 0.233 e. The van der Waals surface area contributed by atoms with Gasteiger partial charge in [0.2, 0.25) is 5.88 Å². The Kier molecular flexibility index (Phi) is 4.28. The van der Waals surface area contributed by atoms with Crippen molar-refractivity contribution in [1.82, 2.24) is 15.6 Å². The third kappa shape index (κ3) is 3.14. The van der Waals surface area contributed by atoms with Gasteiger partial charge in [-0.1, -0.05) is 25.7 Å². The van der Waals surface area contributed by atoms with Crippen LogP contribution in [0.15, 0.2) is 12.1 Å². The Balaban J connectivity index is 2.00. The van der Waals surface area contributed by atoms with Gasteiger partial charge in [0.15, 0.2) is 0 Å². The number of hydrogen-bond acceptors (Lipinski definition) is 5. The van der Waals surface area contributed by atoms with Crippen LogP contribution in [0.25, 0.3) is 0 Å². The highest BCUT2D eigenvalue weighted by atomic mass is 16.5. The van der Waals surface area contributed by atoms with E-state index in [0.717, 1.165) is 18.0 Å². The van der Waals surface area contributed by atoms with E-state index in [0.29, 0.717) is 5.88 Å². The number of nitrogens with zero attached hydrogens (tertiary/aromatic N) is 2. The molecule has 0 saturated heterocycles. The Morgan fingerprint density at radius 3 is 2.71 bits per heavy atom. The molecule has 3 N–H and O–H groups in total. The van der Waals surface area contributed by atoms with Crippen molar-refractivity contribution in [3.05, 3.63) is 17.8 Å². The van der Waals surface area contributed by atoms with Gasteiger partial charge < -0.3 is 4.74 Å². The minimum Gasteiger partial charge on any atom is -0.480 e. The van der Waals surface area contributed by atoms with E-state index >= 15 is 0 Å². The summed E-state index contributed by atoms with van der Waals surface area (Å²) < 4.78 is 4.99. The third-order valence-corrected chi connectivity index (χ3v) is 3.47. The molecule has 5 heteroatoms. The van der Waals surface area contributed by atoms with Gasteiger partial charge >= 0.3 is 0 Å². The van der Waals surface area contributed by atoms with Gasteiger partial charge in [-0.3, -0.25) is 11.3 Å². The number of rotatable bonds is 5. The van der Waals surface area contributed by atoms with Gasteiger partial charge in [0.1, 0.15) is 0 Å². The minimum atomic E-state index is 0.0940. The number of methoxy groups -OCH3 is 1. The van der Waals surface area contributed by atoms with E-state index in [9.17, 15) is 0 Å². The van der Waals surface area contributed by atoms with Crippen LogP contribution in [0.5, 0.6) is 5.88 Å². The summed E-state index contributed by atoms with van der Waals surface area (Å²) >= 11 is 0. The van der Waals surface area contributed by atoms with E-state index in [2.05, 4.69) is 15.6 Å². The van der Waals surface area contributed by atoms with Crippen LogP contribution in [-0.2, 0) is 0 Å². The van der Waals surface area contributed by atoms with Gasteiger partial charge in [0.25, 0.3) is 0 Å². The quantitative estimate of drug-likeness (QED) is 0.599. The second kappa shape index (κ2) is 5.93. The number of nitrogens with two attached hydrogens (primary N) is 1. The Hall–Kier alpha value is -1.20. The second-order valence-electron chi connectivity index (χ2n) is 4.61. The summed E-state index contributed by atoms with van der Waals surface area (Å²) in [5.74, 6) is 6.90. The number of ether oxygens (including phenoxy) is 1. The van der Waals surface area contributed by atoms with E-state index in [1.165, 1.54) is 25.7 Å². The lowest BCUT2D eigenvalue weighted by Gasteiger charge is -2.18. The number of nitrogens with one attached hydrogen (secondary N) is 1. The molecule has 17 heavy (non-hydrogen) atoms. The fraction of sp³-hybridized carbons (Fsp3) is 0.667. The molecule has 0 spiro atoms. The predicted molar refractivity (Wildman–Crippen MR) is 65.2 cm³/mol. The van der Waals surface area contributed by atoms with E-state index in [-0.39, 0.29) is 6.04 Å². The van der Waals surface area contributed by atoms with Crippen molar-refractivity contribution in [2.45, 2.75) is 38.1 Å². The zero-order chi connectivity index (χ0) is 12.1. The minimum absolute atomic E-state index is 0.0940. The molecule has 1 aromatic heterocycles. The summed E-state index contributed by atoms with van der Waals surface area (Å²) in [6, 6.07) is 3.84. The van der Waals surface area contributed by atoms with Crippen LogP contribution in [0.2, 0.25) is 0 Å². The van der Waals surface area contributed by atoms with Crippen molar-refractivity contribution in [2.24, 2.45) is 11.8 Å². The van der Waals surface area contributed by atoms with Crippen molar-refractivity contribution in [2.75, 3.05) is 7.11 Å². The molecule has 1 aliphatic rings. The zero-order valence-electron chi connectivity index (χ0n) is 10.2. The van der Waals surface area contributed by atoms with Gasteiger partial charge in [0, 0.05) is 6.07 Å². The van der Waals surface area contributed by atoms with Crippen molar-refractivity contribution in [3.63, 3.8) is 0 Å². The van der Waals surface area contributed by atoms with Crippen LogP contribution < -0.4 is 16.0 Å². The first-order chi connectivity index (χ1) is 8.33. The zero-order valence-corrected chi connectivity index (χ0v) is 10.2. The van der Waals surface area contributed by atoms with Crippen LogP contribution in [-0.4, -0.2) is 17.3 Å². The standard InChI is InChI=1S/C12H20N4O/c1-17-12-7-6-10(15-16-12)11(14-13)8-9-4-2-3-5-9/h6-7,9,11,14H,2-5,8,13H2,1H3. The van der Waals surface area contributed by atoms with Crippen molar-refractivity contribution < 1.29 is 4.74 Å². The van der Waals surface area contributed by atoms with Gasteiger partial charge in [-0.15, -0.1) is 5.10 Å². The highest BCUT2D eigenvalue weighted by Gasteiger charge is 2.21. The Bertz CT molecular complexity index is 335. The summed E-state index contributed by atoms with van der Waals surface area (Å²) in [6.07, 6.45) is 6.34. The van der Waals surface area contributed by atoms with Crippen LogP contribution in [0, 0.1) is 5.92 Å². The largest absolute Gasteiger partial charge is 0.480 e. The number of hydrazine groups is 1. The van der Waals surface area contributed by atoms with Crippen LogP contribution in [0.4, 0.5) is 0 Å². The number of hydrogen-bond donors (Lipinski definition) is 2. The predicted octanol–water partition coefficient (Wildman–Crippen LogP) is 1.57. The van der Waals surface area contributed by atoms with E-state index in [1.54, 1.807) is 7.11 Å². The summed E-state index contributed by atoms with van der Waals surface area (Å²) in [5, 5.41) is 8.12. The Morgan fingerprint density at radius 1 is 1.41 bits per heavy atom. The molecule has 0 aliphatic heterocycles. The van der Waals surface area contributed by atoms with Crippen LogP contribution in [0.1, 0.15) is 43.8 Å². The van der Waals surface area contributed by atoms with E-state index in [4.69, 9.17) is 10.6 Å². The molecular weight excluding hydrogens is 216 g/mol. The fourth-order valence-electron chi connectivity index (χ4n) is 2.48. The summed E-state index contributed by atoms with van der Waals surface area (Å²) in [5.41, 5.74) is 3.73. The molecule has 1 atom stereocenters. The molecular formula is C12H20N4O. The Labute approximate surface area is 102 Å². The van der Waals surface area contributed by atoms with Crippen LogP contribution >= 0.6 is 0 Å². The lowest BCUT2D eigenvalue weighted by molar-refractivity contribution is 0.376. The lowest BCUT2D eigenvalue weighted by Crippen LogP contribution is -2.30. The maximum absolute atomic E-state index is 5.60. The van der Waals surface area contributed by atoms with Gasteiger partial charge in [-0.05, 0) is 18.4 Å². The molecule has 1 aliphatic carbocycles. The van der Waals surface area contributed by atoms with Crippen LogP contribution in [0.3, 0.4) is 0 Å². The first-order valence-corrected chi connectivity index (χ1v) is 6.17. The molecule has 1 fully saturated rings. The normalized spacial score (nSPS) is 18.2. The molecule has 0 radical (unpaired) electrons. The molecule has 1 saturated carbocycles. The molecule has 1 heterocycles. The highest BCUT2D eigenvalue weighted by molar-refractivity contribution is 5.14. The summed E-state index contributed by atoms with van der Waals surface area (Å²) in [7, 11) is 1.58. The average molecular weight is 236 g/mol. The van der Waals surface area contributed by atoms with E-state index in [1.807, 2.05) is 12.1 Å². The van der Waals surface area contributed by atoms with Gasteiger partial charge in [-0.2, -0.15) is 5.10 Å². The molecule has 0 amide bonds. The Morgan fingerprint density at radius 2 is 2.18 bits per heavy atom. The molecule has 5 nitrogen and oxygen atoms in total. The highest BCUT2D eigenvalue weighted by Crippen LogP contribution is 2.32. The summed E-state index contributed by atoms with van der Waals surface area (Å²) in [6.45, 7) is 0. The molecule has 94 valence electrons. The van der Waals surface area contributed by atoms with Crippen molar-refractivity contribution in [3.8, 4) is 5.88 Å². The molecule has 0 bridgehead atoms. The molecule has 1 aromatic rings. The topological polar surface area (TPSA) is 73.1 Å². The van der Waals surface area contributed by atoms with Crippen molar-refractivity contribution in [1.29, 1.82) is 0 Å². The first kappa shape index (κ1) is 12.3. The summed E-state index contributed by atoms with van der Waals surface area (Å²) in [4.78, 5) is 0. The SMILES string of the molecule is COc1ccc(C(CC2CCCC2)NN)nn1. The second-order valence-corrected chi connectivity index (χ2v) is 4.61. The number of aromatic nitrogens is 2.